The van der Waals surface area contributed by atoms with E-state index in [2.05, 4.69) is 0 Å². The Labute approximate surface area is 160 Å². The Kier molecular flexibility index (Phi) is 3.52. The third-order valence-corrected chi connectivity index (χ3v) is 5.05. The lowest BCUT2D eigenvalue weighted by atomic mass is 9.90. The van der Waals surface area contributed by atoms with Crippen LogP contribution in [-0.2, 0) is 11.3 Å². The second-order valence-corrected chi connectivity index (χ2v) is 6.52. The van der Waals surface area contributed by atoms with Crippen LogP contribution in [0.2, 0.25) is 0 Å². The zero-order chi connectivity index (χ0) is 19.4. The fourth-order valence-electron chi connectivity index (χ4n) is 3.75. The van der Waals surface area contributed by atoms with E-state index in [1.807, 2.05) is 18.2 Å². The molecule has 5 rings (SSSR count). The highest BCUT2D eigenvalue weighted by Crippen LogP contribution is 2.47. The van der Waals surface area contributed by atoms with Crippen molar-refractivity contribution in [1.82, 2.24) is 0 Å². The molecule has 2 aliphatic heterocycles. The van der Waals surface area contributed by atoms with Crippen LogP contribution in [0.1, 0.15) is 15.9 Å². The first-order chi connectivity index (χ1) is 13.6. The predicted octanol–water partition coefficient (Wildman–Crippen LogP) is 3.63. The summed E-state index contributed by atoms with van der Waals surface area (Å²) in [4.78, 5) is 12.5. The van der Waals surface area contributed by atoms with Crippen molar-refractivity contribution < 1.29 is 33.6 Å². The molecular weight excluding hydrogens is 364 g/mol. The molecule has 7 nitrogen and oxygen atoms in total. The number of benzene rings is 3. The number of rotatable bonds is 3. The van der Waals surface area contributed by atoms with Crippen LogP contribution in [0.3, 0.4) is 0 Å². The molecule has 3 aromatic carbocycles. The monoisotopic (exact) mass is 380 g/mol. The van der Waals surface area contributed by atoms with Gasteiger partial charge in [-0.05, 0) is 46.7 Å². The van der Waals surface area contributed by atoms with Crippen LogP contribution in [0.15, 0.2) is 30.3 Å². The van der Waals surface area contributed by atoms with Gasteiger partial charge < -0.3 is 28.8 Å². The van der Waals surface area contributed by atoms with Crippen molar-refractivity contribution in [1.29, 1.82) is 0 Å². The number of phenolic OH excluding ortho intramolecular Hbond substituents is 1. The van der Waals surface area contributed by atoms with Crippen LogP contribution in [-0.4, -0.2) is 32.1 Å². The molecule has 1 N–H and O–H groups in total. The Morgan fingerprint density at radius 2 is 1.57 bits per heavy atom. The zero-order valence-electron chi connectivity index (χ0n) is 15.2. The van der Waals surface area contributed by atoms with Gasteiger partial charge in [0, 0.05) is 11.1 Å². The Morgan fingerprint density at radius 3 is 2.25 bits per heavy atom. The summed E-state index contributed by atoms with van der Waals surface area (Å²) in [6, 6.07) is 9.01. The summed E-state index contributed by atoms with van der Waals surface area (Å²) >= 11 is 0. The second-order valence-electron chi connectivity index (χ2n) is 6.52. The van der Waals surface area contributed by atoms with Crippen molar-refractivity contribution in [3.8, 4) is 39.9 Å². The average Bonchev–Trinajstić information content (AvgIpc) is 3.31. The van der Waals surface area contributed by atoms with E-state index in [-0.39, 0.29) is 30.6 Å². The summed E-state index contributed by atoms with van der Waals surface area (Å²) in [5.74, 6) is 1.25. The van der Waals surface area contributed by atoms with Crippen molar-refractivity contribution in [2.45, 2.75) is 6.61 Å². The molecular formula is C21H16O7. The van der Waals surface area contributed by atoms with E-state index >= 15 is 0 Å². The first-order valence-corrected chi connectivity index (χ1v) is 8.62. The van der Waals surface area contributed by atoms with Gasteiger partial charge >= 0.3 is 5.97 Å². The minimum absolute atomic E-state index is 0.106. The van der Waals surface area contributed by atoms with Gasteiger partial charge in [-0.1, -0.05) is 0 Å². The average molecular weight is 380 g/mol. The summed E-state index contributed by atoms with van der Waals surface area (Å²) in [5, 5.41) is 12.0. The molecule has 0 aromatic heterocycles. The highest BCUT2D eigenvalue weighted by Gasteiger charge is 2.30. The van der Waals surface area contributed by atoms with Crippen LogP contribution < -0.4 is 18.9 Å². The number of methoxy groups -OCH3 is 2. The molecule has 0 bridgehead atoms. The molecule has 3 aromatic rings. The summed E-state index contributed by atoms with van der Waals surface area (Å²) in [6.07, 6.45) is 0. The molecule has 0 atom stereocenters. The predicted molar refractivity (Wildman–Crippen MR) is 99.4 cm³/mol. The van der Waals surface area contributed by atoms with Crippen LogP contribution in [0.25, 0.3) is 21.9 Å². The van der Waals surface area contributed by atoms with E-state index in [0.29, 0.717) is 28.2 Å². The number of esters is 1. The van der Waals surface area contributed by atoms with Gasteiger partial charge in [0.1, 0.15) is 6.61 Å². The van der Waals surface area contributed by atoms with E-state index in [9.17, 15) is 9.90 Å². The van der Waals surface area contributed by atoms with Gasteiger partial charge in [-0.25, -0.2) is 4.79 Å². The second kappa shape index (κ2) is 5.95. The van der Waals surface area contributed by atoms with Crippen LogP contribution >= 0.6 is 0 Å². The van der Waals surface area contributed by atoms with Crippen molar-refractivity contribution in [3.63, 3.8) is 0 Å². The Bertz CT molecular complexity index is 1120. The summed E-state index contributed by atoms with van der Waals surface area (Å²) < 4.78 is 26.9. The number of carbonyl (C=O) groups excluding carboxylic acids is 1. The van der Waals surface area contributed by atoms with Crippen molar-refractivity contribution in [2.24, 2.45) is 0 Å². The zero-order valence-corrected chi connectivity index (χ0v) is 15.2. The maximum absolute atomic E-state index is 12.5. The van der Waals surface area contributed by atoms with E-state index in [1.54, 1.807) is 12.1 Å². The van der Waals surface area contributed by atoms with Crippen molar-refractivity contribution >= 4 is 16.7 Å². The smallest absolute Gasteiger partial charge is 0.339 e. The van der Waals surface area contributed by atoms with E-state index < -0.39 is 5.97 Å². The van der Waals surface area contributed by atoms with E-state index in [1.165, 1.54) is 14.2 Å². The minimum atomic E-state index is -0.393. The molecule has 0 saturated carbocycles. The number of phenols is 1. The highest BCUT2D eigenvalue weighted by atomic mass is 16.7. The summed E-state index contributed by atoms with van der Waals surface area (Å²) in [7, 11) is 2.91. The quantitative estimate of drug-likeness (QED) is 0.695. The lowest BCUT2D eigenvalue weighted by Gasteiger charge is -2.15. The van der Waals surface area contributed by atoms with Gasteiger partial charge in [0.2, 0.25) is 12.5 Å². The fraction of sp³-hybridized carbons (Fsp3) is 0.190. The molecule has 2 heterocycles. The molecule has 0 unspecified atom stereocenters. The largest absolute Gasteiger partial charge is 0.502 e. The van der Waals surface area contributed by atoms with Crippen molar-refractivity contribution in [3.05, 3.63) is 41.5 Å². The molecule has 0 saturated heterocycles. The summed E-state index contributed by atoms with van der Waals surface area (Å²) in [5.41, 5.74) is 2.61. The van der Waals surface area contributed by atoms with Gasteiger partial charge in [-0.15, -0.1) is 0 Å². The lowest BCUT2D eigenvalue weighted by Crippen LogP contribution is -2.00. The van der Waals surface area contributed by atoms with E-state index in [4.69, 9.17) is 23.7 Å². The molecule has 0 aliphatic carbocycles. The third kappa shape index (κ3) is 2.26. The van der Waals surface area contributed by atoms with Gasteiger partial charge in [0.05, 0.1) is 19.8 Å². The fourth-order valence-corrected chi connectivity index (χ4v) is 3.75. The molecule has 2 aliphatic rings. The van der Waals surface area contributed by atoms with Gasteiger partial charge in [0.15, 0.2) is 23.0 Å². The lowest BCUT2D eigenvalue weighted by molar-refractivity contribution is 0.0535. The van der Waals surface area contributed by atoms with Gasteiger partial charge in [-0.3, -0.25) is 0 Å². The molecule has 0 amide bonds. The normalized spacial score (nSPS) is 14.1. The summed E-state index contributed by atoms with van der Waals surface area (Å²) in [6.45, 7) is 0.363. The van der Waals surface area contributed by atoms with Crippen molar-refractivity contribution in [2.75, 3.05) is 21.0 Å². The SMILES string of the molecule is COc1cc(-c2c3c(cc4cc5c(cc24)OCO5)COC3=O)cc(OC)c1O. The first kappa shape index (κ1) is 16.6. The number of carbonyl (C=O) groups is 1. The number of aromatic hydroxyl groups is 1. The Hall–Kier alpha value is -3.61. The Balaban J connectivity index is 1.88. The number of hydrogen-bond donors (Lipinski definition) is 1. The maximum atomic E-state index is 12.5. The molecule has 7 heteroatoms. The number of ether oxygens (including phenoxy) is 5. The van der Waals surface area contributed by atoms with Gasteiger partial charge in [0.25, 0.3) is 0 Å². The molecule has 0 radical (unpaired) electrons. The number of hydrogen-bond acceptors (Lipinski definition) is 7. The van der Waals surface area contributed by atoms with Gasteiger partial charge in [-0.2, -0.15) is 0 Å². The highest BCUT2D eigenvalue weighted by molar-refractivity contribution is 6.11. The standard InChI is InChI=1S/C21H16O7/c1-24-16-5-11(6-17(25-2)20(16)22)18-13-7-15-14(27-9-28-15)4-10(13)3-12-8-26-21(23)19(12)18/h3-7,22H,8-9H2,1-2H3. The molecule has 0 fully saturated rings. The van der Waals surface area contributed by atoms with Crippen LogP contribution in [0.4, 0.5) is 0 Å². The molecule has 142 valence electrons. The Morgan fingerprint density at radius 1 is 0.893 bits per heavy atom. The first-order valence-electron chi connectivity index (χ1n) is 8.62. The molecule has 28 heavy (non-hydrogen) atoms. The van der Waals surface area contributed by atoms with Crippen LogP contribution in [0.5, 0.6) is 28.7 Å². The van der Waals surface area contributed by atoms with E-state index in [0.717, 1.165) is 16.3 Å². The number of fused-ring (bicyclic) bond motifs is 3. The maximum Gasteiger partial charge on any atom is 0.339 e. The topological polar surface area (TPSA) is 83.5 Å². The van der Waals surface area contributed by atoms with Crippen LogP contribution in [0, 0.1) is 0 Å². The third-order valence-electron chi connectivity index (χ3n) is 5.05. The molecule has 0 spiro atoms. The number of cyclic esters (lactones) is 1. The minimum Gasteiger partial charge on any atom is -0.502 e.